The molecule has 4 N–H and O–H groups in total. The first-order chi connectivity index (χ1) is 13.1. The monoisotopic (exact) mass is 370 g/mol. The first kappa shape index (κ1) is 20.1. The second-order valence-corrected chi connectivity index (χ2v) is 5.79. The Kier molecular flexibility index (Phi) is 7.49. The van der Waals surface area contributed by atoms with Gasteiger partial charge in [-0.05, 0) is 36.8 Å². The Bertz CT molecular complexity index is 788. The number of guanidine groups is 1. The van der Waals surface area contributed by atoms with Crippen molar-refractivity contribution in [1.29, 1.82) is 0 Å². The van der Waals surface area contributed by atoms with Crippen LogP contribution in [0.3, 0.4) is 0 Å². The van der Waals surface area contributed by atoms with Crippen molar-refractivity contribution >= 4 is 11.9 Å². The summed E-state index contributed by atoms with van der Waals surface area (Å²) in [6.07, 6.45) is 0. The van der Waals surface area contributed by atoms with E-state index in [1.807, 2.05) is 37.3 Å². The van der Waals surface area contributed by atoms with Gasteiger partial charge >= 0.3 is 0 Å². The molecule has 27 heavy (non-hydrogen) atoms. The maximum absolute atomic E-state index is 11.1. The number of carbonyl (C=O) groups excluding carboxylic acids is 1. The highest BCUT2D eigenvalue weighted by atomic mass is 16.5. The number of benzene rings is 2. The second-order valence-electron chi connectivity index (χ2n) is 5.79. The fourth-order valence-corrected chi connectivity index (χ4v) is 2.46. The topological polar surface area (TPSA) is 98.0 Å². The van der Waals surface area contributed by atoms with Gasteiger partial charge in [0.25, 0.3) is 0 Å². The summed E-state index contributed by atoms with van der Waals surface area (Å²) in [5.74, 6) is 1.75. The maximum atomic E-state index is 11.1. The van der Waals surface area contributed by atoms with Crippen LogP contribution in [0.2, 0.25) is 0 Å². The molecule has 2 rings (SSSR count). The molecule has 0 saturated heterocycles. The average molecular weight is 370 g/mol. The molecule has 0 unspecified atom stereocenters. The molecule has 0 atom stereocenters. The van der Waals surface area contributed by atoms with E-state index in [-0.39, 0.29) is 0 Å². The number of hydrogen-bond acceptors (Lipinski definition) is 4. The molecule has 7 heteroatoms. The third-order valence-corrected chi connectivity index (χ3v) is 3.94. The van der Waals surface area contributed by atoms with Crippen molar-refractivity contribution < 1.29 is 14.3 Å². The van der Waals surface area contributed by atoms with Gasteiger partial charge in [0.2, 0.25) is 5.91 Å². The number of carbonyl (C=O) groups is 1. The smallest absolute Gasteiger partial charge is 0.248 e. The van der Waals surface area contributed by atoms with E-state index in [0.29, 0.717) is 24.6 Å². The minimum atomic E-state index is -0.437. The van der Waals surface area contributed by atoms with Crippen LogP contribution in [0.4, 0.5) is 0 Å². The summed E-state index contributed by atoms with van der Waals surface area (Å²) in [5.41, 5.74) is 7.72. The number of nitrogens with one attached hydrogen (secondary N) is 2. The largest absolute Gasteiger partial charge is 0.497 e. The van der Waals surface area contributed by atoms with Crippen LogP contribution in [0.25, 0.3) is 0 Å². The zero-order valence-corrected chi connectivity index (χ0v) is 15.9. The summed E-state index contributed by atoms with van der Waals surface area (Å²) in [6, 6.07) is 12.8. The number of primary amides is 1. The van der Waals surface area contributed by atoms with Gasteiger partial charge < -0.3 is 25.8 Å². The van der Waals surface area contributed by atoms with Crippen molar-refractivity contribution in [3.63, 3.8) is 0 Å². The number of hydrogen-bond donors (Lipinski definition) is 3. The summed E-state index contributed by atoms with van der Waals surface area (Å²) < 4.78 is 10.6. The summed E-state index contributed by atoms with van der Waals surface area (Å²) in [4.78, 5) is 15.7. The molecule has 0 heterocycles. The lowest BCUT2D eigenvalue weighted by atomic mass is 10.1. The predicted octanol–water partition coefficient (Wildman–Crippen LogP) is 2.06. The number of ether oxygens (including phenoxy) is 2. The van der Waals surface area contributed by atoms with E-state index in [4.69, 9.17) is 15.2 Å². The molecule has 0 fully saturated rings. The first-order valence-corrected chi connectivity index (χ1v) is 8.69. The Morgan fingerprint density at radius 1 is 1.07 bits per heavy atom. The summed E-state index contributed by atoms with van der Waals surface area (Å²) >= 11 is 0. The molecule has 0 aromatic heterocycles. The Labute approximate surface area is 159 Å². The molecule has 0 radical (unpaired) electrons. The van der Waals surface area contributed by atoms with Crippen LogP contribution in [0.1, 0.15) is 28.4 Å². The van der Waals surface area contributed by atoms with Crippen molar-refractivity contribution in [2.45, 2.75) is 20.0 Å². The third-order valence-electron chi connectivity index (χ3n) is 3.94. The molecule has 0 bridgehead atoms. The molecule has 0 saturated carbocycles. The lowest BCUT2D eigenvalue weighted by Gasteiger charge is -2.14. The van der Waals surface area contributed by atoms with Crippen LogP contribution in [0.5, 0.6) is 11.5 Å². The molecule has 7 nitrogen and oxygen atoms in total. The van der Waals surface area contributed by atoms with Crippen LogP contribution < -0.4 is 25.8 Å². The molecule has 144 valence electrons. The van der Waals surface area contributed by atoms with Crippen LogP contribution >= 0.6 is 0 Å². The maximum Gasteiger partial charge on any atom is 0.248 e. The van der Waals surface area contributed by atoms with E-state index in [1.54, 1.807) is 26.4 Å². The van der Waals surface area contributed by atoms with Crippen LogP contribution in [0, 0.1) is 0 Å². The Balaban J connectivity index is 2.04. The summed E-state index contributed by atoms with van der Waals surface area (Å²) in [6.45, 7) is 3.78. The summed E-state index contributed by atoms with van der Waals surface area (Å²) in [5, 5.41) is 6.50. The third kappa shape index (κ3) is 5.91. The van der Waals surface area contributed by atoms with Crippen LogP contribution in [-0.2, 0) is 13.1 Å². The number of amides is 1. The minimum Gasteiger partial charge on any atom is -0.497 e. The minimum absolute atomic E-state index is 0.437. The molecule has 0 aliphatic rings. The molecular weight excluding hydrogens is 344 g/mol. The quantitative estimate of drug-likeness (QED) is 0.488. The second kappa shape index (κ2) is 10.1. The predicted molar refractivity (Wildman–Crippen MR) is 106 cm³/mol. The lowest BCUT2D eigenvalue weighted by Crippen LogP contribution is -2.36. The van der Waals surface area contributed by atoms with E-state index in [9.17, 15) is 4.79 Å². The van der Waals surface area contributed by atoms with Crippen molar-refractivity contribution in [2.75, 3.05) is 20.8 Å². The molecule has 2 aromatic rings. The Hall–Kier alpha value is -3.22. The van der Waals surface area contributed by atoms with E-state index in [2.05, 4.69) is 15.6 Å². The van der Waals surface area contributed by atoms with Crippen LogP contribution in [-0.4, -0.2) is 32.6 Å². The van der Waals surface area contributed by atoms with Crippen LogP contribution in [0.15, 0.2) is 47.5 Å². The van der Waals surface area contributed by atoms with Crippen molar-refractivity contribution in [3.8, 4) is 11.5 Å². The van der Waals surface area contributed by atoms with E-state index < -0.39 is 5.91 Å². The van der Waals surface area contributed by atoms with E-state index in [0.717, 1.165) is 29.2 Å². The van der Waals surface area contributed by atoms with Gasteiger partial charge in [-0.15, -0.1) is 0 Å². The van der Waals surface area contributed by atoms with Gasteiger partial charge in [-0.25, -0.2) is 4.99 Å². The standard InChI is InChI=1S/C20H26N4O3/c1-4-22-20(23-12-14-5-7-15(8-6-14)19(21)25)24-13-16-9-10-17(26-2)11-18(16)27-3/h5-11H,4,12-13H2,1-3H3,(H2,21,25)(H2,22,23,24). The van der Waals surface area contributed by atoms with Gasteiger partial charge in [-0.1, -0.05) is 12.1 Å². The molecule has 0 spiro atoms. The molecule has 0 aliphatic heterocycles. The highest BCUT2D eigenvalue weighted by molar-refractivity contribution is 5.92. The highest BCUT2D eigenvalue weighted by Crippen LogP contribution is 2.24. The Morgan fingerprint density at radius 3 is 2.41 bits per heavy atom. The van der Waals surface area contributed by atoms with Crippen molar-refractivity contribution in [3.05, 3.63) is 59.2 Å². The van der Waals surface area contributed by atoms with Gasteiger partial charge in [0, 0.05) is 30.3 Å². The van der Waals surface area contributed by atoms with Gasteiger partial charge in [-0.3, -0.25) is 4.79 Å². The van der Waals surface area contributed by atoms with Gasteiger partial charge in [0.05, 0.1) is 20.8 Å². The molecule has 2 aromatic carbocycles. The number of nitrogens with two attached hydrogens (primary N) is 1. The zero-order chi connectivity index (χ0) is 19.6. The van der Waals surface area contributed by atoms with Gasteiger partial charge in [-0.2, -0.15) is 0 Å². The molecule has 1 amide bonds. The summed E-state index contributed by atoms with van der Waals surface area (Å²) in [7, 11) is 3.26. The normalized spacial score (nSPS) is 11.0. The fourth-order valence-electron chi connectivity index (χ4n) is 2.46. The van der Waals surface area contributed by atoms with Gasteiger partial charge in [0.15, 0.2) is 5.96 Å². The van der Waals surface area contributed by atoms with Crippen molar-refractivity contribution in [1.82, 2.24) is 10.6 Å². The van der Waals surface area contributed by atoms with E-state index in [1.165, 1.54) is 0 Å². The van der Waals surface area contributed by atoms with E-state index >= 15 is 0 Å². The SMILES string of the molecule is CCNC(=NCc1ccc(C(N)=O)cc1)NCc1ccc(OC)cc1OC. The average Bonchev–Trinajstić information content (AvgIpc) is 2.70. The zero-order valence-electron chi connectivity index (χ0n) is 15.9. The Morgan fingerprint density at radius 2 is 1.81 bits per heavy atom. The number of aliphatic imine (C=N–C) groups is 1. The first-order valence-electron chi connectivity index (χ1n) is 8.69. The molecule has 0 aliphatic carbocycles. The number of nitrogens with zero attached hydrogens (tertiary/aromatic N) is 1. The van der Waals surface area contributed by atoms with Gasteiger partial charge in [0.1, 0.15) is 11.5 Å². The highest BCUT2D eigenvalue weighted by Gasteiger charge is 2.06. The number of rotatable bonds is 8. The number of methoxy groups -OCH3 is 2. The van der Waals surface area contributed by atoms with Crippen molar-refractivity contribution in [2.24, 2.45) is 10.7 Å². The lowest BCUT2D eigenvalue weighted by molar-refractivity contribution is 0.100. The molecular formula is C20H26N4O3. The fraction of sp³-hybridized carbons (Fsp3) is 0.300.